The molecular formula is C20H28N4O3S. The number of hydrogen-bond acceptors (Lipinski definition) is 5. The quantitative estimate of drug-likeness (QED) is 0.679. The summed E-state index contributed by atoms with van der Waals surface area (Å²) in [5, 5.41) is 4.82. The van der Waals surface area contributed by atoms with Crippen LogP contribution in [0.15, 0.2) is 29.1 Å². The number of nitrogens with zero attached hydrogens (tertiary/aromatic N) is 2. The van der Waals surface area contributed by atoms with Gasteiger partial charge < -0.3 is 24.7 Å². The fourth-order valence-electron chi connectivity index (χ4n) is 3.28. The van der Waals surface area contributed by atoms with Gasteiger partial charge in [-0.2, -0.15) is 0 Å². The molecule has 2 aromatic rings. The molecule has 1 aromatic heterocycles. The fourth-order valence-corrected chi connectivity index (χ4v) is 3.58. The molecule has 0 atom stereocenters. The fraction of sp³-hybridized carbons (Fsp3) is 0.500. The largest absolute Gasteiger partial charge is 0.497 e. The number of morpholine rings is 1. The molecule has 0 amide bonds. The van der Waals surface area contributed by atoms with E-state index in [0.717, 1.165) is 62.6 Å². The van der Waals surface area contributed by atoms with Gasteiger partial charge in [0.1, 0.15) is 5.75 Å². The van der Waals surface area contributed by atoms with Crippen LogP contribution in [0, 0.1) is 0 Å². The number of fused-ring (bicyclic) bond motifs is 1. The molecule has 1 aliphatic heterocycles. The number of aromatic nitrogens is 1. The van der Waals surface area contributed by atoms with Crippen molar-refractivity contribution in [3.05, 3.63) is 40.2 Å². The van der Waals surface area contributed by atoms with Crippen molar-refractivity contribution in [2.75, 3.05) is 53.0 Å². The van der Waals surface area contributed by atoms with E-state index in [1.54, 1.807) is 7.11 Å². The number of pyridine rings is 1. The average molecular weight is 405 g/mol. The lowest BCUT2D eigenvalue weighted by atomic mass is 10.1. The van der Waals surface area contributed by atoms with Crippen molar-refractivity contribution >= 4 is 28.2 Å². The Morgan fingerprint density at radius 1 is 1.36 bits per heavy atom. The standard InChI is InChI=1S/C20H28N4O3S/c1-3-21-20(28)24(7-6-23-8-10-27-11-9-23)14-16-12-15-13-17(26-2)4-5-18(15)22-19(16)25/h4-5,12-13H,3,6-11,14H2,1-2H3,(H,21,28)(H,22,25). The number of hydrogen-bond donors (Lipinski definition) is 2. The summed E-state index contributed by atoms with van der Waals surface area (Å²) >= 11 is 5.56. The summed E-state index contributed by atoms with van der Waals surface area (Å²) in [5.41, 5.74) is 1.39. The number of nitrogens with one attached hydrogen (secondary N) is 2. The molecule has 0 saturated carbocycles. The highest BCUT2D eigenvalue weighted by Gasteiger charge is 2.16. The van der Waals surface area contributed by atoms with Crippen LogP contribution in [0.1, 0.15) is 12.5 Å². The molecule has 2 heterocycles. The molecule has 1 saturated heterocycles. The van der Waals surface area contributed by atoms with Gasteiger partial charge in [-0.1, -0.05) is 0 Å². The minimum absolute atomic E-state index is 0.0895. The van der Waals surface area contributed by atoms with E-state index >= 15 is 0 Å². The number of aromatic amines is 1. The number of H-pyrrole nitrogens is 1. The Morgan fingerprint density at radius 3 is 2.86 bits per heavy atom. The Morgan fingerprint density at radius 2 is 2.14 bits per heavy atom. The maximum absolute atomic E-state index is 12.6. The van der Waals surface area contributed by atoms with E-state index in [1.807, 2.05) is 31.2 Å². The molecule has 1 aliphatic rings. The van der Waals surface area contributed by atoms with Gasteiger partial charge in [-0.05, 0) is 43.4 Å². The minimum Gasteiger partial charge on any atom is -0.497 e. The average Bonchev–Trinajstić information content (AvgIpc) is 2.72. The van der Waals surface area contributed by atoms with E-state index in [1.165, 1.54) is 0 Å². The number of rotatable bonds is 7. The first kappa shape index (κ1) is 20.6. The van der Waals surface area contributed by atoms with E-state index in [2.05, 4.69) is 20.1 Å². The second-order valence-corrected chi connectivity index (χ2v) is 7.17. The lowest BCUT2D eigenvalue weighted by molar-refractivity contribution is 0.0357. The summed E-state index contributed by atoms with van der Waals surface area (Å²) in [6.07, 6.45) is 0. The lowest BCUT2D eigenvalue weighted by Crippen LogP contribution is -2.46. The van der Waals surface area contributed by atoms with Crippen molar-refractivity contribution in [3.63, 3.8) is 0 Å². The normalized spacial score (nSPS) is 14.8. The molecule has 0 bridgehead atoms. The summed E-state index contributed by atoms with van der Waals surface area (Å²) in [6, 6.07) is 7.55. The summed E-state index contributed by atoms with van der Waals surface area (Å²) in [4.78, 5) is 20.0. The molecule has 2 N–H and O–H groups in total. The molecule has 28 heavy (non-hydrogen) atoms. The molecule has 0 aliphatic carbocycles. The topological polar surface area (TPSA) is 69.8 Å². The van der Waals surface area contributed by atoms with Crippen molar-refractivity contribution in [2.45, 2.75) is 13.5 Å². The third-order valence-electron chi connectivity index (χ3n) is 4.89. The van der Waals surface area contributed by atoms with Crippen molar-refractivity contribution in [1.82, 2.24) is 20.1 Å². The smallest absolute Gasteiger partial charge is 0.253 e. The molecule has 0 radical (unpaired) electrons. The minimum atomic E-state index is -0.0895. The molecule has 7 nitrogen and oxygen atoms in total. The predicted molar refractivity (Wildman–Crippen MR) is 115 cm³/mol. The van der Waals surface area contributed by atoms with Crippen molar-refractivity contribution in [3.8, 4) is 5.75 Å². The van der Waals surface area contributed by atoms with Crippen LogP contribution in [-0.2, 0) is 11.3 Å². The molecule has 152 valence electrons. The Labute approximate surface area is 170 Å². The molecule has 0 unspecified atom stereocenters. The highest BCUT2D eigenvalue weighted by atomic mass is 32.1. The van der Waals surface area contributed by atoms with Gasteiger partial charge in [-0.25, -0.2) is 0 Å². The van der Waals surface area contributed by atoms with Gasteiger partial charge in [0.05, 0.1) is 26.9 Å². The SMILES string of the molecule is CCNC(=S)N(CCN1CCOCC1)Cc1cc2cc(OC)ccc2[nH]c1=O. The van der Waals surface area contributed by atoms with Crippen LogP contribution >= 0.6 is 12.2 Å². The first-order valence-corrected chi connectivity index (χ1v) is 10.0. The molecule has 1 fully saturated rings. The van der Waals surface area contributed by atoms with Crippen molar-refractivity contribution in [2.24, 2.45) is 0 Å². The molecule has 8 heteroatoms. The van der Waals surface area contributed by atoms with Gasteiger partial charge in [0.2, 0.25) is 0 Å². The number of thiocarbonyl (C=S) groups is 1. The second kappa shape index (κ2) is 9.86. The first-order chi connectivity index (χ1) is 13.6. The van der Waals surface area contributed by atoms with E-state index in [-0.39, 0.29) is 5.56 Å². The van der Waals surface area contributed by atoms with Gasteiger partial charge in [-0.3, -0.25) is 9.69 Å². The Balaban J connectivity index is 1.79. The molecule has 3 rings (SSSR count). The van der Waals surface area contributed by atoms with E-state index < -0.39 is 0 Å². The van der Waals surface area contributed by atoms with Gasteiger partial charge in [0.15, 0.2) is 5.11 Å². The van der Waals surface area contributed by atoms with Crippen LogP contribution in [0.2, 0.25) is 0 Å². The van der Waals surface area contributed by atoms with E-state index in [0.29, 0.717) is 17.2 Å². The summed E-state index contributed by atoms with van der Waals surface area (Å²) in [6.45, 7) is 8.25. The Hall–Kier alpha value is -2.16. The predicted octanol–water partition coefficient (Wildman–Crippen LogP) is 1.57. The summed E-state index contributed by atoms with van der Waals surface area (Å²) in [5.74, 6) is 0.762. The van der Waals surface area contributed by atoms with Crippen molar-refractivity contribution < 1.29 is 9.47 Å². The zero-order valence-corrected chi connectivity index (χ0v) is 17.3. The zero-order valence-electron chi connectivity index (χ0n) is 16.5. The van der Waals surface area contributed by atoms with E-state index in [4.69, 9.17) is 21.7 Å². The maximum Gasteiger partial charge on any atom is 0.253 e. The van der Waals surface area contributed by atoms with Gasteiger partial charge >= 0.3 is 0 Å². The summed E-state index contributed by atoms with van der Waals surface area (Å²) in [7, 11) is 1.63. The highest BCUT2D eigenvalue weighted by Crippen LogP contribution is 2.19. The molecule has 1 aromatic carbocycles. The van der Waals surface area contributed by atoms with Crippen LogP contribution in [0.25, 0.3) is 10.9 Å². The lowest BCUT2D eigenvalue weighted by Gasteiger charge is -2.31. The highest BCUT2D eigenvalue weighted by molar-refractivity contribution is 7.80. The van der Waals surface area contributed by atoms with Gasteiger partial charge in [0, 0.05) is 49.2 Å². The van der Waals surface area contributed by atoms with Crippen LogP contribution in [0.4, 0.5) is 0 Å². The molecule has 0 spiro atoms. The first-order valence-electron chi connectivity index (χ1n) is 9.63. The van der Waals surface area contributed by atoms with Gasteiger partial charge in [0.25, 0.3) is 5.56 Å². The van der Waals surface area contributed by atoms with Crippen LogP contribution < -0.4 is 15.6 Å². The van der Waals surface area contributed by atoms with Crippen LogP contribution in [0.5, 0.6) is 5.75 Å². The molecular weight excluding hydrogens is 376 g/mol. The second-order valence-electron chi connectivity index (χ2n) is 6.79. The third kappa shape index (κ3) is 5.21. The number of methoxy groups -OCH3 is 1. The van der Waals surface area contributed by atoms with Gasteiger partial charge in [-0.15, -0.1) is 0 Å². The monoisotopic (exact) mass is 404 g/mol. The number of ether oxygens (including phenoxy) is 2. The Bertz CT molecular complexity index is 864. The Kier molecular flexibility index (Phi) is 7.24. The number of benzene rings is 1. The van der Waals surface area contributed by atoms with Crippen LogP contribution in [-0.4, -0.2) is 72.9 Å². The zero-order chi connectivity index (χ0) is 19.9. The maximum atomic E-state index is 12.6. The van der Waals surface area contributed by atoms with Crippen LogP contribution in [0.3, 0.4) is 0 Å². The van der Waals surface area contributed by atoms with Crippen molar-refractivity contribution in [1.29, 1.82) is 0 Å². The van der Waals surface area contributed by atoms with E-state index in [9.17, 15) is 4.79 Å². The summed E-state index contributed by atoms with van der Waals surface area (Å²) < 4.78 is 10.7. The third-order valence-corrected chi connectivity index (χ3v) is 5.30.